The van der Waals surface area contributed by atoms with Crippen molar-refractivity contribution in [1.29, 1.82) is 0 Å². The fourth-order valence-electron chi connectivity index (χ4n) is 6.68. The minimum absolute atomic E-state index is 0.0603. The lowest BCUT2D eigenvalue weighted by molar-refractivity contribution is -0.116. The number of aromatic amines is 1. The molecule has 0 saturated carbocycles. The van der Waals surface area contributed by atoms with Crippen molar-refractivity contribution >= 4 is 52.3 Å². The highest BCUT2D eigenvalue weighted by Gasteiger charge is 2.34. The molecular weight excluding hydrogens is 699 g/mol. The molecule has 1 saturated heterocycles. The molecule has 13 heteroatoms. The molecule has 2 amide bonds. The number of carbonyl (C=O) groups excluding carboxylic acids is 4. The van der Waals surface area contributed by atoms with Crippen LogP contribution in [0.4, 0.5) is 11.5 Å². The molecule has 5 aromatic rings. The Labute approximate surface area is 318 Å². The van der Waals surface area contributed by atoms with Crippen molar-refractivity contribution < 1.29 is 28.7 Å². The molecule has 282 valence electrons. The minimum Gasteiger partial charge on any atom is -0.493 e. The predicted molar refractivity (Wildman–Crippen MR) is 209 cm³/mol. The van der Waals surface area contributed by atoms with Crippen LogP contribution in [0.15, 0.2) is 77.9 Å². The molecule has 2 aliphatic heterocycles. The van der Waals surface area contributed by atoms with E-state index in [9.17, 15) is 19.2 Å². The Bertz CT molecular complexity index is 2380. The predicted octanol–water partition coefficient (Wildman–Crippen LogP) is 6.94. The number of nitrogens with zero attached hydrogens (tertiary/aromatic N) is 5. The van der Waals surface area contributed by atoms with E-state index in [0.717, 1.165) is 22.3 Å². The highest BCUT2D eigenvalue weighted by Crippen LogP contribution is 2.35. The standard InChI is InChI=1S/C42H43N7O6/c1-24-16-29-21-43-32-20-35(25(2)17-30(32)40(52)49(29)22-24)54-15-7-8-37(51)46-36-23-48(6)39(47-36)34(50)18-26-9-11-27(12-10-26)38-44-31-14-13-28(19-33(31)45-38)41(53)55-42(3,4)5/h9-14,17,19-21,23,29H,1,7-8,15-16,18,22H2,2-6H3,(H,44,45)(H,46,51). The average molecular weight is 742 g/mol. The number of amides is 2. The van der Waals surface area contributed by atoms with E-state index in [0.29, 0.717) is 64.6 Å². The van der Waals surface area contributed by atoms with Crippen LogP contribution in [0.25, 0.3) is 22.4 Å². The fourth-order valence-corrected chi connectivity index (χ4v) is 6.68. The zero-order valence-corrected chi connectivity index (χ0v) is 31.6. The van der Waals surface area contributed by atoms with Crippen LogP contribution in [0.1, 0.15) is 82.5 Å². The lowest BCUT2D eigenvalue weighted by Crippen LogP contribution is -2.35. The molecule has 1 fully saturated rings. The molecule has 0 radical (unpaired) electrons. The Balaban J connectivity index is 0.901. The molecule has 0 bridgehead atoms. The maximum atomic E-state index is 13.2. The van der Waals surface area contributed by atoms with Crippen LogP contribution in [0, 0.1) is 6.92 Å². The van der Waals surface area contributed by atoms with Crippen LogP contribution < -0.4 is 10.1 Å². The van der Waals surface area contributed by atoms with Gasteiger partial charge in [-0.2, -0.15) is 0 Å². The molecule has 3 aromatic carbocycles. The number of benzene rings is 3. The van der Waals surface area contributed by atoms with E-state index < -0.39 is 11.6 Å². The van der Waals surface area contributed by atoms with Crippen molar-refractivity contribution in [3.63, 3.8) is 0 Å². The van der Waals surface area contributed by atoms with Gasteiger partial charge in [-0.3, -0.25) is 19.4 Å². The highest BCUT2D eigenvalue weighted by molar-refractivity contribution is 6.03. The van der Waals surface area contributed by atoms with Crippen molar-refractivity contribution in [2.75, 3.05) is 18.5 Å². The summed E-state index contributed by atoms with van der Waals surface area (Å²) in [6.45, 7) is 12.2. The number of aliphatic imine (C=N–C) groups is 1. The number of fused-ring (bicyclic) bond motifs is 3. The first-order valence-corrected chi connectivity index (χ1v) is 18.2. The summed E-state index contributed by atoms with van der Waals surface area (Å²) in [5.41, 5.74) is 5.83. The number of hydrogen-bond acceptors (Lipinski definition) is 9. The third-order valence-electron chi connectivity index (χ3n) is 9.37. The van der Waals surface area contributed by atoms with Crippen molar-refractivity contribution in [3.8, 4) is 17.1 Å². The summed E-state index contributed by atoms with van der Waals surface area (Å²) >= 11 is 0. The molecule has 1 unspecified atom stereocenters. The summed E-state index contributed by atoms with van der Waals surface area (Å²) in [5.74, 6) is 0.855. The van der Waals surface area contributed by atoms with Crippen LogP contribution >= 0.6 is 0 Å². The van der Waals surface area contributed by atoms with Gasteiger partial charge in [0.05, 0.1) is 40.5 Å². The molecule has 0 aliphatic carbocycles. The van der Waals surface area contributed by atoms with Gasteiger partial charge in [0.2, 0.25) is 11.7 Å². The number of nitrogens with one attached hydrogen (secondary N) is 2. The maximum Gasteiger partial charge on any atom is 0.338 e. The number of esters is 1. The van der Waals surface area contributed by atoms with Gasteiger partial charge in [0.15, 0.2) is 11.6 Å². The first kappa shape index (κ1) is 37.0. The zero-order chi connectivity index (χ0) is 39.0. The Kier molecular flexibility index (Phi) is 9.95. The summed E-state index contributed by atoms with van der Waals surface area (Å²) in [6.07, 6.45) is 4.87. The first-order chi connectivity index (χ1) is 26.2. The summed E-state index contributed by atoms with van der Waals surface area (Å²) in [4.78, 5) is 70.4. The van der Waals surface area contributed by atoms with Crippen LogP contribution in [-0.4, -0.2) is 79.0 Å². The Morgan fingerprint density at radius 2 is 1.84 bits per heavy atom. The van der Waals surface area contributed by atoms with E-state index >= 15 is 0 Å². The third-order valence-corrected chi connectivity index (χ3v) is 9.37. The van der Waals surface area contributed by atoms with Gasteiger partial charge in [-0.15, -0.1) is 0 Å². The van der Waals surface area contributed by atoms with Crippen molar-refractivity contribution in [2.24, 2.45) is 12.0 Å². The summed E-state index contributed by atoms with van der Waals surface area (Å²) < 4.78 is 13.1. The summed E-state index contributed by atoms with van der Waals surface area (Å²) in [7, 11) is 1.71. The lowest BCUT2D eigenvalue weighted by Gasteiger charge is -2.20. The third kappa shape index (κ3) is 8.25. The number of anilines is 1. The maximum absolute atomic E-state index is 13.2. The summed E-state index contributed by atoms with van der Waals surface area (Å²) in [6, 6.07) is 16.2. The van der Waals surface area contributed by atoms with Crippen molar-refractivity contribution in [1.82, 2.24) is 24.4 Å². The number of Topliss-reactive ketones (excluding diaryl/α,β-unsaturated/α-hetero) is 1. The molecule has 55 heavy (non-hydrogen) atoms. The van der Waals surface area contributed by atoms with Gasteiger partial charge in [0, 0.05) is 50.5 Å². The summed E-state index contributed by atoms with van der Waals surface area (Å²) in [5, 5.41) is 2.78. The van der Waals surface area contributed by atoms with Crippen molar-refractivity contribution in [2.45, 2.75) is 65.0 Å². The monoisotopic (exact) mass is 741 g/mol. The van der Waals surface area contributed by atoms with Gasteiger partial charge < -0.3 is 29.2 Å². The molecule has 1 atom stereocenters. The molecule has 0 spiro atoms. The Morgan fingerprint density at radius 3 is 2.60 bits per heavy atom. The number of ether oxygens (including phenoxy) is 2. The zero-order valence-electron chi connectivity index (χ0n) is 31.6. The highest BCUT2D eigenvalue weighted by atomic mass is 16.6. The van der Waals surface area contributed by atoms with Gasteiger partial charge in [-0.1, -0.05) is 36.4 Å². The quantitative estimate of drug-likeness (QED) is 0.0638. The molecule has 2 aromatic heterocycles. The largest absolute Gasteiger partial charge is 0.493 e. The lowest BCUT2D eigenvalue weighted by atomic mass is 10.1. The van der Waals surface area contributed by atoms with E-state index in [1.54, 1.807) is 53.2 Å². The van der Waals surface area contributed by atoms with E-state index in [1.165, 1.54) is 0 Å². The van der Waals surface area contributed by atoms with E-state index in [2.05, 4.69) is 31.8 Å². The first-order valence-electron chi connectivity index (χ1n) is 18.2. The second-order valence-electron chi connectivity index (χ2n) is 15.0. The van der Waals surface area contributed by atoms with Crippen LogP contribution in [0.5, 0.6) is 5.75 Å². The van der Waals surface area contributed by atoms with Gasteiger partial charge >= 0.3 is 5.97 Å². The second kappa shape index (κ2) is 14.8. The SMILES string of the molecule is C=C1CC2C=Nc3cc(OCCCC(=O)Nc4cn(C)c(C(=O)Cc5ccc(-c6nc7ccc(C(=O)OC(C)(C)C)cc7[nH]6)cc5)n4)c(C)cc3C(=O)N2C1. The Morgan fingerprint density at radius 1 is 1.05 bits per heavy atom. The Hall–Kier alpha value is -6.37. The van der Waals surface area contributed by atoms with Crippen LogP contribution in [0.2, 0.25) is 0 Å². The number of H-pyrrole nitrogens is 1. The molecule has 13 nitrogen and oxygen atoms in total. The smallest absolute Gasteiger partial charge is 0.338 e. The number of carbonyl (C=O) groups is 4. The molecular formula is C42H43N7O6. The normalized spacial score (nSPS) is 15.1. The fraction of sp³-hybridized carbons (Fsp3) is 0.310. The van der Waals surface area contributed by atoms with Gasteiger partial charge in [0.1, 0.15) is 17.2 Å². The molecule has 2 N–H and O–H groups in total. The molecule has 4 heterocycles. The average Bonchev–Trinajstić information content (AvgIpc) is 3.82. The number of aryl methyl sites for hydroxylation is 2. The number of ketones is 1. The second-order valence-corrected chi connectivity index (χ2v) is 15.0. The number of imidazole rings is 2. The van der Waals surface area contributed by atoms with Gasteiger partial charge in [-0.05, 0) is 75.9 Å². The van der Waals surface area contributed by atoms with Crippen molar-refractivity contribution in [3.05, 3.63) is 101 Å². The minimum atomic E-state index is -0.596. The van der Waals surface area contributed by atoms with E-state index in [4.69, 9.17) is 9.47 Å². The van der Waals surface area contributed by atoms with Gasteiger partial charge in [-0.25, -0.2) is 14.8 Å². The topological polar surface area (TPSA) is 161 Å². The van der Waals surface area contributed by atoms with Gasteiger partial charge in [0.25, 0.3) is 5.91 Å². The molecule has 7 rings (SSSR count). The number of hydrogen-bond donors (Lipinski definition) is 2. The number of aromatic nitrogens is 4. The van der Waals surface area contributed by atoms with Crippen LogP contribution in [0.3, 0.4) is 0 Å². The van der Waals surface area contributed by atoms with E-state index in [1.807, 2.05) is 58.0 Å². The van der Waals surface area contributed by atoms with E-state index in [-0.39, 0.29) is 48.9 Å². The van der Waals surface area contributed by atoms with Crippen LogP contribution in [-0.2, 0) is 23.0 Å². The number of rotatable bonds is 11. The molecule has 2 aliphatic rings.